The van der Waals surface area contributed by atoms with Gasteiger partial charge >= 0.3 is 0 Å². The van der Waals surface area contributed by atoms with Crippen molar-refractivity contribution in [1.82, 2.24) is 5.32 Å². The van der Waals surface area contributed by atoms with Crippen LogP contribution in [0.3, 0.4) is 0 Å². The Labute approximate surface area is 172 Å². The Balaban J connectivity index is 1.61. The minimum Gasteiger partial charge on any atom is -0.374 e. The average molecular weight is 437 g/mol. The van der Waals surface area contributed by atoms with Gasteiger partial charge < -0.3 is 10.1 Å². The van der Waals surface area contributed by atoms with Crippen molar-refractivity contribution >= 4 is 15.9 Å². The lowest BCUT2D eigenvalue weighted by Crippen LogP contribution is -2.50. The molecular formula is C20H34F2N2O4S. The summed E-state index contributed by atoms with van der Waals surface area (Å²) in [5.41, 5.74) is 0. The van der Waals surface area contributed by atoms with Crippen LogP contribution in [0.15, 0.2) is 0 Å². The summed E-state index contributed by atoms with van der Waals surface area (Å²) in [6, 6.07) is -0.277. The fourth-order valence-electron chi connectivity index (χ4n) is 5.14. The number of sulfonamides is 1. The van der Waals surface area contributed by atoms with Gasteiger partial charge in [-0.1, -0.05) is 13.3 Å². The van der Waals surface area contributed by atoms with Crippen molar-refractivity contribution in [3.8, 4) is 0 Å². The first-order valence-corrected chi connectivity index (χ1v) is 12.5. The third kappa shape index (κ3) is 6.10. The molecule has 0 aromatic heterocycles. The van der Waals surface area contributed by atoms with Crippen molar-refractivity contribution in [2.45, 2.75) is 107 Å². The first kappa shape index (κ1) is 22.9. The maximum Gasteiger partial charge on any atom is 0.226 e. The predicted octanol–water partition coefficient (Wildman–Crippen LogP) is 2.75. The van der Waals surface area contributed by atoms with Crippen LogP contribution in [0.25, 0.3) is 0 Å². The summed E-state index contributed by atoms with van der Waals surface area (Å²) >= 11 is 0. The van der Waals surface area contributed by atoms with Gasteiger partial charge in [-0.3, -0.25) is 4.79 Å². The summed E-state index contributed by atoms with van der Waals surface area (Å²) in [7, 11) is -3.64. The van der Waals surface area contributed by atoms with E-state index in [9.17, 15) is 22.0 Å². The van der Waals surface area contributed by atoms with Crippen LogP contribution in [0.4, 0.5) is 8.78 Å². The summed E-state index contributed by atoms with van der Waals surface area (Å²) in [5, 5.41) is 7.56. The molecule has 8 unspecified atom stereocenters. The van der Waals surface area contributed by atoms with Crippen molar-refractivity contribution in [2.75, 3.05) is 0 Å². The van der Waals surface area contributed by atoms with Gasteiger partial charge in [0.2, 0.25) is 15.9 Å². The number of carbonyl (C=O) groups is 1. The minimum absolute atomic E-state index is 0.0689. The van der Waals surface area contributed by atoms with Gasteiger partial charge in [0.25, 0.3) is 0 Å². The van der Waals surface area contributed by atoms with Gasteiger partial charge in [-0.2, -0.15) is 0 Å². The van der Waals surface area contributed by atoms with Crippen molar-refractivity contribution in [2.24, 2.45) is 17.0 Å². The first-order valence-electron chi connectivity index (χ1n) is 10.9. The third-order valence-corrected chi connectivity index (χ3v) is 8.23. The van der Waals surface area contributed by atoms with Crippen molar-refractivity contribution in [3.63, 3.8) is 0 Å². The highest BCUT2D eigenvalue weighted by Crippen LogP contribution is 2.35. The molecule has 0 heterocycles. The molecule has 0 aromatic rings. The number of nitrogens with one attached hydrogen (secondary N) is 1. The van der Waals surface area contributed by atoms with Gasteiger partial charge in [0, 0.05) is 6.04 Å². The molecule has 3 rings (SSSR count). The zero-order valence-electron chi connectivity index (χ0n) is 17.1. The van der Waals surface area contributed by atoms with Gasteiger partial charge in [0.1, 0.15) is 12.3 Å². The Morgan fingerprint density at radius 3 is 2.28 bits per heavy atom. The molecule has 8 atom stereocenters. The Morgan fingerprint density at radius 1 is 0.966 bits per heavy atom. The molecule has 0 bridgehead atoms. The lowest BCUT2D eigenvalue weighted by atomic mass is 9.82. The number of rotatable bonds is 5. The van der Waals surface area contributed by atoms with Crippen LogP contribution in [0.2, 0.25) is 0 Å². The molecule has 3 N–H and O–H groups in total. The third-order valence-electron chi connectivity index (χ3n) is 6.87. The quantitative estimate of drug-likeness (QED) is 0.692. The highest BCUT2D eigenvalue weighted by molar-refractivity contribution is 7.89. The number of hydrogen-bond acceptors (Lipinski definition) is 4. The second-order valence-corrected chi connectivity index (χ2v) is 11.0. The maximum absolute atomic E-state index is 14.1. The van der Waals surface area contributed by atoms with E-state index in [-0.39, 0.29) is 36.5 Å². The summed E-state index contributed by atoms with van der Waals surface area (Å²) in [6.07, 6.45) is 2.27. The number of ether oxygens (including phenoxy) is 1. The summed E-state index contributed by atoms with van der Waals surface area (Å²) < 4.78 is 57.2. The molecule has 3 aliphatic rings. The lowest BCUT2D eigenvalue weighted by molar-refractivity contribution is -0.144. The Kier molecular flexibility index (Phi) is 7.54. The smallest absolute Gasteiger partial charge is 0.226 e. The molecule has 29 heavy (non-hydrogen) atoms. The van der Waals surface area contributed by atoms with Crippen LogP contribution in [-0.2, 0) is 19.6 Å². The molecular weight excluding hydrogens is 402 g/mol. The van der Waals surface area contributed by atoms with E-state index < -0.39 is 33.5 Å². The highest BCUT2D eigenvalue weighted by atomic mass is 32.2. The number of primary sulfonamides is 1. The van der Waals surface area contributed by atoms with E-state index in [0.29, 0.717) is 57.8 Å². The van der Waals surface area contributed by atoms with E-state index in [1.165, 1.54) is 0 Å². The van der Waals surface area contributed by atoms with Crippen molar-refractivity contribution in [3.05, 3.63) is 0 Å². The summed E-state index contributed by atoms with van der Waals surface area (Å²) in [5.74, 6) is -0.812. The van der Waals surface area contributed by atoms with Crippen LogP contribution in [0, 0.1) is 11.8 Å². The molecule has 3 aliphatic carbocycles. The largest absolute Gasteiger partial charge is 0.374 e. The normalized spacial score (nSPS) is 41.7. The van der Waals surface area contributed by atoms with Crippen molar-refractivity contribution in [1.29, 1.82) is 0 Å². The number of carbonyl (C=O) groups excluding carboxylic acids is 1. The lowest BCUT2D eigenvalue weighted by Gasteiger charge is -2.39. The van der Waals surface area contributed by atoms with Gasteiger partial charge in [0.05, 0.1) is 23.4 Å². The van der Waals surface area contributed by atoms with E-state index in [1.807, 2.05) is 6.92 Å². The zero-order valence-corrected chi connectivity index (χ0v) is 17.9. The fourth-order valence-corrected chi connectivity index (χ4v) is 6.14. The number of hydrogen-bond donors (Lipinski definition) is 2. The van der Waals surface area contributed by atoms with E-state index in [0.717, 1.165) is 0 Å². The van der Waals surface area contributed by atoms with Gasteiger partial charge in [-0.25, -0.2) is 22.3 Å². The van der Waals surface area contributed by atoms with Crippen molar-refractivity contribution < 1.29 is 26.7 Å². The van der Waals surface area contributed by atoms with Gasteiger partial charge in [-0.15, -0.1) is 0 Å². The molecule has 0 spiro atoms. The molecule has 168 valence electrons. The van der Waals surface area contributed by atoms with Gasteiger partial charge in [0.15, 0.2) is 0 Å². The molecule has 9 heteroatoms. The van der Waals surface area contributed by atoms with Gasteiger partial charge in [-0.05, 0) is 63.7 Å². The van der Waals surface area contributed by atoms with E-state index in [2.05, 4.69) is 5.32 Å². The molecule has 3 saturated carbocycles. The Hall–Kier alpha value is -0.800. The van der Waals surface area contributed by atoms with E-state index in [1.54, 1.807) is 0 Å². The summed E-state index contributed by atoms with van der Waals surface area (Å²) in [4.78, 5) is 13.0. The molecule has 0 aromatic carbocycles. The Morgan fingerprint density at radius 2 is 1.62 bits per heavy atom. The molecule has 0 saturated heterocycles. The summed E-state index contributed by atoms with van der Waals surface area (Å²) in [6.45, 7) is 1.96. The SMILES string of the molecule is CC1CC(F)CCC1OC1CCC(F)CC1C(=O)NC1CCCC(S(N)(=O)=O)C1. The monoisotopic (exact) mass is 436 g/mol. The molecule has 3 fully saturated rings. The second kappa shape index (κ2) is 9.56. The fraction of sp³-hybridized carbons (Fsp3) is 0.950. The number of amides is 1. The molecule has 0 radical (unpaired) electrons. The maximum atomic E-state index is 14.1. The second-order valence-electron chi connectivity index (χ2n) is 9.20. The predicted molar refractivity (Wildman–Crippen MR) is 106 cm³/mol. The van der Waals surface area contributed by atoms with E-state index >= 15 is 0 Å². The minimum atomic E-state index is -3.64. The molecule has 1 amide bonds. The standard InChI is InChI=1S/C20H34F2N2O4S/c1-12-9-13(21)5-7-18(12)28-19-8-6-14(22)10-17(19)20(25)24-15-3-2-4-16(11-15)29(23,26)27/h12-19H,2-11H2,1H3,(H,24,25)(H2,23,26,27). The van der Waals surface area contributed by atoms with Crippen LogP contribution in [0.1, 0.15) is 71.1 Å². The number of halogens is 2. The Bertz CT molecular complexity index is 677. The zero-order chi connectivity index (χ0) is 21.2. The number of alkyl halides is 2. The van der Waals surface area contributed by atoms with Crippen LogP contribution in [-0.4, -0.2) is 50.2 Å². The van der Waals surface area contributed by atoms with Crippen LogP contribution >= 0.6 is 0 Å². The average Bonchev–Trinajstić information content (AvgIpc) is 2.64. The first-order chi connectivity index (χ1) is 13.6. The molecule has 6 nitrogen and oxygen atoms in total. The highest BCUT2D eigenvalue weighted by Gasteiger charge is 2.40. The van der Waals surface area contributed by atoms with Crippen LogP contribution < -0.4 is 10.5 Å². The topological polar surface area (TPSA) is 98.5 Å². The van der Waals surface area contributed by atoms with E-state index in [4.69, 9.17) is 9.88 Å². The number of nitrogens with two attached hydrogens (primary N) is 1. The van der Waals surface area contributed by atoms with Crippen LogP contribution in [0.5, 0.6) is 0 Å². The molecule has 0 aliphatic heterocycles.